The smallest absolute Gasteiger partial charge is 0.341 e. The summed E-state index contributed by atoms with van der Waals surface area (Å²) in [5, 5.41) is 3.16. The first-order valence-corrected chi connectivity index (χ1v) is 8.05. The molecule has 0 aliphatic rings. The number of benzene rings is 1. The lowest BCUT2D eigenvalue weighted by Crippen LogP contribution is -2.28. The standard InChI is InChI=1S/C13H20F2N2O2S/c1-2-3-4-11(9-16)17-10-5-7-12(8-6-10)20(18,19)13(14)15/h5-8,11,13,17H,2-4,9,16H2,1H3. The molecule has 0 bridgehead atoms. The van der Waals surface area contributed by atoms with Crippen LogP contribution in [0.4, 0.5) is 14.5 Å². The minimum atomic E-state index is -4.53. The molecule has 1 unspecified atom stereocenters. The van der Waals surface area contributed by atoms with Crippen LogP contribution in [0.1, 0.15) is 26.2 Å². The monoisotopic (exact) mass is 306 g/mol. The number of hydrogen-bond acceptors (Lipinski definition) is 4. The van der Waals surface area contributed by atoms with Gasteiger partial charge in [-0.25, -0.2) is 8.42 Å². The zero-order valence-electron chi connectivity index (χ0n) is 11.4. The molecule has 0 aliphatic heterocycles. The SMILES string of the molecule is CCCCC(CN)Nc1ccc(S(=O)(=O)C(F)F)cc1. The number of unbranched alkanes of at least 4 members (excludes halogenated alkanes) is 1. The van der Waals surface area contributed by atoms with Crippen molar-refractivity contribution in [2.24, 2.45) is 5.73 Å². The highest BCUT2D eigenvalue weighted by Gasteiger charge is 2.26. The van der Waals surface area contributed by atoms with Crippen molar-refractivity contribution in [3.63, 3.8) is 0 Å². The Morgan fingerprint density at radius 1 is 1.25 bits per heavy atom. The van der Waals surface area contributed by atoms with Crippen molar-refractivity contribution in [1.29, 1.82) is 0 Å². The van der Waals surface area contributed by atoms with E-state index >= 15 is 0 Å². The molecule has 7 heteroatoms. The van der Waals surface area contributed by atoms with E-state index in [4.69, 9.17) is 5.73 Å². The van der Waals surface area contributed by atoms with Gasteiger partial charge in [0.1, 0.15) is 0 Å². The molecule has 1 rings (SSSR count). The van der Waals surface area contributed by atoms with Gasteiger partial charge >= 0.3 is 5.76 Å². The maximum absolute atomic E-state index is 12.4. The molecule has 20 heavy (non-hydrogen) atoms. The second-order valence-corrected chi connectivity index (χ2v) is 6.47. The second kappa shape index (κ2) is 7.54. The summed E-state index contributed by atoms with van der Waals surface area (Å²) in [5.74, 6) is -3.40. The lowest BCUT2D eigenvalue weighted by Gasteiger charge is -2.18. The van der Waals surface area contributed by atoms with Crippen molar-refractivity contribution in [3.05, 3.63) is 24.3 Å². The second-order valence-electron chi connectivity index (χ2n) is 4.55. The molecule has 1 atom stereocenters. The molecule has 0 aromatic heterocycles. The van der Waals surface area contributed by atoms with Gasteiger partial charge in [-0.1, -0.05) is 19.8 Å². The molecule has 0 heterocycles. The number of anilines is 1. The number of alkyl halides is 2. The summed E-state index contributed by atoms with van der Waals surface area (Å²) in [6.45, 7) is 2.54. The average molecular weight is 306 g/mol. The van der Waals surface area contributed by atoms with E-state index in [9.17, 15) is 17.2 Å². The summed E-state index contributed by atoms with van der Waals surface area (Å²) in [4.78, 5) is -0.379. The van der Waals surface area contributed by atoms with Crippen LogP contribution < -0.4 is 11.1 Å². The van der Waals surface area contributed by atoms with E-state index in [-0.39, 0.29) is 10.9 Å². The maximum atomic E-state index is 12.4. The van der Waals surface area contributed by atoms with Crippen molar-refractivity contribution in [1.82, 2.24) is 0 Å². The summed E-state index contributed by atoms with van der Waals surface area (Å²) in [6, 6.07) is 5.40. The zero-order chi connectivity index (χ0) is 15.2. The van der Waals surface area contributed by atoms with E-state index in [0.29, 0.717) is 12.2 Å². The Balaban J connectivity index is 2.76. The Hall–Kier alpha value is -1.21. The van der Waals surface area contributed by atoms with E-state index in [2.05, 4.69) is 12.2 Å². The quantitative estimate of drug-likeness (QED) is 0.774. The van der Waals surface area contributed by atoms with Gasteiger partial charge in [-0.05, 0) is 30.7 Å². The van der Waals surface area contributed by atoms with Crippen LogP contribution in [0, 0.1) is 0 Å². The molecule has 0 radical (unpaired) electrons. The zero-order valence-corrected chi connectivity index (χ0v) is 12.2. The van der Waals surface area contributed by atoms with E-state index in [1.807, 2.05) is 0 Å². The highest BCUT2D eigenvalue weighted by atomic mass is 32.2. The Bertz CT molecular complexity index is 504. The van der Waals surface area contributed by atoms with Crippen LogP contribution in [0.3, 0.4) is 0 Å². The Morgan fingerprint density at radius 2 is 1.85 bits per heavy atom. The summed E-state index contributed by atoms with van der Waals surface area (Å²) < 4.78 is 47.3. The molecule has 0 aliphatic carbocycles. The van der Waals surface area contributed by atoms with E-state index in [0.717, 1.165) is 19.3 Å². The van der Waals surface area contributed by atoms with Crippen molar-refractivity contribution in [2.75, 3.05) is 11.9 Å². The maximum Gasteiger partial charge on any atom is 0.341 e. The molecule has 0 spiro atoms. The van der Waals surface area contributed by atoms with Crippen molar-refractivity contribution < 1.29 is 17.2 Å². The van der Waals surface area contributed by atoms with Crippen LogP contribution in [0.5, 0.6) is 0 Å². The number of halogens is 2. The minimum absolute atomic E-state index is 0.0903. The topological polar surface area (TPSA) is 72.2 Å². The van der Waals surface area contributed by atoms with E-state index in [1.165, 1.54) is 24.3 Å². The number of nitrogens with two attached hydrogens (primary N) is 1. The minimum Gasteiger partial charge on any atom is -0.381 e. The predicted molar refractivity (Wildman–Crippen MR) is 75.6 cm³/mol. The number of hydrogen-bond donors (Lipinski definition) is 2. The van der Waals surface area contributed by atoms with Crippen LogP contribution in [0.2, 0.25) is 0 Å². The summed E-state index contributed by atoms with van der Waals surface area (Å²) >= 11 is 0. The fraction of sp³-hybridized carbons (Fsp3) is 0.538. The molecule has 0 saturated carbocycles. The molecular formula is C13H20F2N2O2S. The van der Waals surface area contributed by atoms with Crippen LogP contribution in [-0.4, -0.2) is 26.8 Å². The van der Waals surface area contributed by atoms with Gasteiger partial charge in [0, 0.05) is 18.3 Å². The van der Waals surface area contributed by atoms with Crippen molar-refractivity contribution >= 4 is 15.5 Å². The third-order valence-corrected chi connectivity index (χ3v) is 4.38. The number of nitrogens with one attached hydrogen (secondary N) is 1. The van der Waals surface area contributed by atoms with Gasteiger partial charge in [0.2, 0.25) is 9.84 Å². The first-order valence-electron chi connectivity index (χ1n) is 6.50. The highest BCUT2D eigenvalue weighted by molar-refractivity contribution is 7.91. The van der Waals surface area contributed by atoms with E-state index in [1.54, 1.807) is 0 Å². The summed E-state index contributed by atoms with van der Waals surface area (Å²) in [5.41, 5.74) is 6.31. The van der Waals surface area contributed by atoms with Crippen LogP contribution >= 0.6 is 0 Å². The fourth-order valence-electron chi connectivity index (χ4n) is 1.78. The van der Waals surface area contributed by atoms with Crippen LogP contribution in [0.15, 0.2) is 29.2 Å². The fourth-order valence-corrected chi connectivity index (χ4v) is 2.50. The lowest BCUT2D eigenvalue weighted by molar-refractivity contribution is 0.234. The average Bonchev–Trinajstić information content (AvgIpc) is 2.43. The molecule has 3 N–H and O–H groups in total. The molecule has 1 aromatic carbocycles. The Kier molecular flexibility index (Phi) is 6.35. The van der Waals surface area contributed by atoms with Gasteiger partial charge in [0.05, 0.1) is 4.90 Å². The molecule has 0 saturated heterocycles. The van der Waals surface area contributed by atoms with Crippen molar-refractivity contribution in [3.8, 4) is 0 Å². The summed E-state index contributed by atoms with van der Waals surface area (Å²) in [7, 11) is -4.53. The van der Waals surface area contributed by atoms with Gasteiger partial charge in [-0.3, -0.25) is 0 Å². The highest BCUT2D eigenvalue weighted by Crippen LogP contribution is 2.20. The van der Waals surface area contributed by atoms with Crippen molar-refractivity contribution in [2.45, 2.75) is 42.9 Å². The van der Waals surface area contributed by atoms with Crippen LogP contribution in [-0.2, 0) is 9.84 Å². The first-order chi connectivity index (χ1) is 9.41. The largest absolute Gasteiger partial charge is 0.381 e. The third kappa shape index (κ3) is 4.42. The number of sulfone groups is 1. The van der Waals surface area contributed by atoms with E-state index < -0.39 is 15.6 Å². The molecule has 0 fully saturated rings. The third-order valence-electron chi connectivity index (χ3n) is 2.98. The Labute approximate surface area is 118 Å². The molecule has 114 valence electrons. The predicted octanol–water partition coefficient (Wildman–Crippen LogP) is 2.61. The van der Waals surface area contributed by atoms with Gasteiger partial charge in [-0.2, -0.15) is 8.78 Å². The summed E-state index contributed by atoms with van der Waals surface area (Å²) in [6.07, 6.45) is 3.00. The van der Waals surface area contributed by atoms with Gasteiger partial charge in [-0.15, -0.1) is 0 Å². The molecule has 1 aromatic rings. The molecule has 0 amide bonds. The van der Waals surface area contributed by atoms with Gasteiger partial charge in [0.15, 0.2) is 0 Å². The Morgan fingerprint density at radius 3 is 2.30 bits per heavy atom. The molecular weight excluding hydrogens is 286 g/mol. The first kappa shape index (κ1) is 16.8. The van der Waals surface area contributed by atoms with Crippen LogP contribution in [0.25, 0.3) is 0 Å². The van der Waals surface area contributed by atoms with Gasteiger partial charge < -0.3 is 11.1 Å². The normalized spacial score (nSPS) is 13.4. The lowest BCUT2D eigenvalue weighted by atomic mass is 10.1. The van der Waals surface area contributed by atoms with Gasteiger partial charge in [0.25, 0.3) is 0 Å². The molecule has 4 nitrogen and oxygen atoms in total. The number of rotatable bonds is 8.